The van der Waals surface area contributed by atoms with Gasteiger partial charge >= 0.3 is 5.97 Å². The van der Waals surface area contributed by atoms with Crippen LogP contribution in [0.25, 0.3) is 0 Å². The van der Waals surface area contributed by atoms with Crippen molar-refractivity contribution in [3.63, 3.8) is 0 Å². The van der Waals surface area contributed by atoms with Gasteiger partial charge in [-0.1, -0.05) is 20.8 Å². The van der Waals surface area contributed by atoms with Crippen LogP contribution >= 0.6 is 11.8 Å². The van der Waals surface area contributed by atoms with E-state index in [9.17, 15) is 4.79 Å². The maximum atomic E-state index is 11.4. The normalized spacial score (nSPS) is 13.7. The molecule has 0 bridgehead atoms. The summed E-state index contributed by atoms with van der Waals surface area (Å²) in [6.45, 7) is 8.81. The minimum Gasteiger partial charge on any atom is -0.465 e. The van der Waals surface area contributed by atoms with Crippen molar-refractivity contribution in [2.45, 2.75) is 44.9 Å². The van der Waals surface area contributed by atoms with Crippen molar-refractivity contribution in [1.29, 1.82) is 0 Å². The molecule has 15 heavy (non-hydrogen) atoms. The van der Waals surface area contributed by atoms with Crippen LogP contribution in [0.1, 0.15) is 34.1 Å². The van der Waals surface area contributed by atoms with Gasteiger partial charge in [0.1, 0.15) is 6.04 Å². The molecule has 0 amide bonds. The van der Waals surface area contributed by atoms with Gasteiger partial charge in [0.05, 0.1) is 6.61 Å². The summed E-state index contributed by atoms with van der Waals surface area (Å²) in [6, 6.07) is -0.167. The molecule has 4 heteroatoms. The molecule has 1 unspecified atom stereocenters. The molecule has 0 spiro atoms. The third kappa shape index (κ3) is 7.68. The van der Waals surface area contributed by atoms with Gasteiger partial charge in [0.25, 0.3) is 0 Å². The Labute approximate surface area is 97.3 Å². The molecule has 0 heterocycles. The number of thioether (sulfide) groups is 1. The van der Waals surface area contributed by atoms with Gasteiger partial charge < -0.3 is 10.1 Å². The van der Waals surface area contributed by atoms with Gasteiger partial charge in [0, 0.05) is 4.75 Å². The molecule has 0 aliphatic carbocycles. The molecule has 0 fully saturated rings. The van der Waals surface area contributed by atoms with Crippen LogP contribution in [0.3, 0.4) is 0 Å². The molecule has 1 N–H and O–H groups in total. The monoisotopic (exact) mass is 233 g/mol. The maximum absolute atomic E-state index is 11.4. The zero-order valence-electron chi connectivity index (χ0n) is 10.4. The molecule has 3 nitrogen and oxygen atoms in total. The number of ether oxygens (including phenoxy) is 1. The van der Waals surface area contributed by atoms with Crippen molar-refractivity contribution in [3.05, 3.63) is 0 Å². The molecule has 0 aromatic carbocycles. The van der Waals surface area contributed by atoms with Crippen molar-refractivity contribution in [3.8, 4) is 0 Å². The first kappa shape index (κ1) is 14.8. The van der Waals surface area contributed by atoms with E-state index in [1.807, 2.05) is 18.7 Å². The summed E-state index contributed by atoms with van der Waals surface area (Å²) in [7, 11) is 1.79. The maximum Gasteiger partial charge on any atom is 0.323 e. The number of carbonyl (C=O) groups is 1. The second-order valence-corrected chi connectivity index (χ2v) is 6.26. The summed E-state index contributed by atoms with van der Waals surface area (Å²) >= 11 is 1.86. The van der Waals surface area contributed by atoms with Crippen molar-refractivity contribution in [2.75, 3.05) is 19.4 Å². The summed E-state index contributed by atoms with van der Waals surface area (Å²) in [4.78, 5) is 11.4. The van der Waals surface area contributed by atoms with E-state index in [1.54, 1.807) is 7.05 Å². The van der Waals surface area contributed by atoms with E-state index in [0.717, 1.165) is 12.2 Å². The average molecular weight is 233 g/mol. The number of likely N-dealkylation sites (N-methyl/N-ethyl adjacent to an activating group) is 1. The van der Waals surface area contributed by atoms with E-state index >= 15 is 0 Å². The van der Waals surface area contributed by atoms with E-state index in [4.69, 9.17) is 4.74 Å². The van der Waals surface area contributed by atoms with Gasteiger partial charge in [-0.15, -0.1) is 0 Å². The SMILES string of the molecule is CCOC(=O)C(CCSC(C)(C)C)NC. The van der Waals surface area contributed by atoms with Gasteiger partial charge in [-0.05, 0) is 26.1 Å². The molecule has 0 aromatic rings. The third-order valence-corrected chi connectivity index (χ3v) is 3.17. The van der Waals surface area contributed by atoms with E-state index in [-0.39, 0.29) is 16.8 Å². The molecule has 90 valence electrons. The van der Waals surface area contributed by atoms with Crippen LogP contribution < -0.4 is 5.32 Å². The molecule has 0 saturated carbocycles. The third-order valence-electron chi connectivity index (χ3n) is 1.86. The van der Waals surface area contributed by atoms with Crippen LogP contribution in [0.4, 0.5) is 0 Å². The highest BCUT2D eigenvalue weighted by atomic mass is 32.2. The van der Waals surface area contributed by atoms with Gasteiger partial charge in [0.2, 0.25) is 0 Å². The number of esters is 1. The second kappa shape index (κ2) is 7.12. The Hall–Kier alpha value is -0.220. The van der Waals surface area contributed by atoms with E-state index in [0.29, 0.717) is 6.61 Å². The lowest BCUT2D eigenvalue weighted by Gasteiger charge is -2.19. The van der Waals surface area contributed by atoms with Crippen molar-refractivity contribution in [1.82, 2.24) is 5.32 Å². The van der Waals surface area contributed by atoms with Crippen molar-refractivity contribution >= 4 is 17.7 Å². The molecular weight excluding hydrogens is 210 g/mol. The Morgan fingerprint density at radius 1 is 1.47 bits per heavy atom. The Bertz CT molecular complexity index is 190. The second-order valence-electron chi connectivity index (χ2n) is 4.34. The minimum absolute atomic E-state index is 0.144. The first-order chi connectivity index (χ1) is 6.90. The van der Waals surface area contributed by atoms with Gasteiger partial charge in [-0.3, -0.25) is 4.79 Å². The Morgan fingerprint density at radius 3 is 2.47 bits per heavy atom. The first-order valence-corrected chi connectivity index (χ1v) is 6.37. The quantitative estimate of drug-likeness (QED) is 0.713. The van der Waals surface area contributed by atoms with E-state index < -0.39 is 0 Å². The fraction of sp³-hybridized carbons (Fsp3) is 0.909. The smallest absolute Gasteiger partial charge is 0.323 e. The zero-order chi connectivity index (χ0) is 11.9. The number of nitrogens with one attached hydrogen (secondary N) is 1. The predicted octanol–water partition coefficient (Wildman–Crippen LogP) is 2.06. The van der Waals surface area contributed by atoms with Gasteiger partial charge in [-0.2, -0.15) is 11.8 Å². The first-order valence-electron chi connectivity index (χ1n) is 5.38. The number of hydrogen-bond donors (Lipinski definition) is 1. The summed E-state index contributed by atoms with van der Waals surface area (Å²) in [6.07, 6.45) is 0.817. The molecule has 0 aliphatic heterocycles. The Balaban J connectivity index is 3.85. The van der Waals surface area contributed by atoms with Crippen LogP contribution in [-0.4, -0.2) is 36.2 Å². The van der Waals surface area contributed by atoms with Crippen molar-refractivity contribution in [2.24, 2.45) is 0 Å². The van der Waals surface area contributed by atoms with Gasteiger partial charge in [-0.25, -0.2) is 0 Å². The van der Waals surface area contributed by atoms with Crippen LogP contribution in [0.2, 0.25) is 0 Å². The fourth-order valence-electron chi connectivity index (χ4n) is 1.11. The van der Waals surface area contributed by atoms with Gasteiger partial charge in [0.15, 0.2) is 0 Å². The van der Waals surface area contributed by atoms with Crippen LogP contribution in [0.5, 0.6) is 0 Å². The van der Waals surface area contributed by atoms with E-state index in [1.165, 1.54) is 0 Å². The average Bonchev–Trinajstić information content (AvgIpc) is 2.11. The van der Waals surface area contributed by atoms with Crippen molar-refractivity contribution < 1.29 is 9.53 Å². The standard InChI is InChI=1S/C11H23NO2S/c1-6-14-10(13)9(12-5)7-8-15-11(2,3)4/h9,12H,6-8H2,1-5H3. The van der Waals surface area contributed by atoms with Crippen LogP contribution in [-0.2, 0) is 9.53 Å². The molecule has 0 radical (unpaired) electrons. The fourth-order valence-corrected chi connectivity index (χ4v) is 2.07. The number of hydrogen-bond acceptors (Lipinski definition) is 4. The molecule has 1 atom stereocenters. The van der Waals surface area contributed by atoms with Crippen LogP contribution in [0.15, 0.2) is 0 Å². The lowest BCUT2D eigenvalue weighted by molar-refractivity contribution is -0.145. The highest BCUT2D eigenvalue weighted by Crippen LogP contribution is 2.24. The number of carbonyl (C=O) groups excluding carboxylic acids is 1. The largest absolute Gasteiger partial charge is 0.465 e. The van der Waals surface area contributed by atoms with E-state index in [2.05, 4.69) is 26.1 Å². The summed E-state index contributed by atoms with van der Waals surface area (Å²) in [5.74, 6) is 0.822. The summed E-state index contributed by atoms with van der Waals surface area (Å²) in [5, 5.41) is 2.99. The Morgan fingerprint density at radius 2 is 2.07 bits per heavy atom. The topological polar surface area (TPSA) is 38.3 Å². The minimum atomic E-state index is -0.167. The Kier molecular flexibility index (Phi) is 7.02. The lowest BCUT2D eigenvalue weighted by atomic mass is 10.2. The molecule has 0 aliphatic rings. The lowest BCUT2D eigenvalue weighted by Crippen LogP contribution is -2.36. The number of rotatable bonds is 6. The zero-order valence-corrected chi connectivity index (χ0v) is 11.2. The highest BCUT2D eigenvalue weighted by Gasteiger charge is 2.18. The molecule has 0 aromatic heterocycles. The highest BCUT2D eigenvalue weighted by molar-refractivity contribution is 8.00. The summed E-state index contributed by atoms with van der Waals surface area (Å²) < 4.78 is 5.22. The predicted molar refractivity (Wildman–Crippen MR) is 66.3 cm³/mol. The molecule has 0 saturated heterocycles. The summed E-state index contributed by atoms with van der Waals surface area (Å²) in [5.41, 5.74) is 0. The van der Waals surface area contributed by atoms with Crippen LogP contribution in [0, 0.1) is 0 Å². The molecule has 0 rings (SSSR count). The molecular formula is C11H23NO2S.